The third kappa shape index (κ3) is 4.49. The second-order valence-electron chi connectivity index (χ2n) is 6.19. The summed E-state index contributed by atoms with van der Waals surface area (Å²) in [4.78, 5) is 26.3. The van der Waals surface area contributed by atoms with Crippen LogP contribution in [0.25, 0.3) is 0 Å². The Bertz CT molecular complexity index is 807. The predicted octanol–water partition coefficient (Wildman–Crippen LogP) is 1.33. The average molecular weight is 369 g/mol. The van der Waals surface area contributed by atoms with E-state index in [1.165, 1.54) is 0 Å². The molecule has 142 valence electrons. The molecule has 0 fully saturated rings. The monoisotopic (exact) mass is 369 g/mol. The predicted molar refractivity (Wildman–Crippen MR) is 102 cm³/mol. The van der Waals surface area contributed by atoms with E-state index in [1.54, 1.807) is 20.2 Å². The SMILES string of the molecule is CNC(=O)C1CN(CC(=O)NCc2ccc(OC)cc2)c2ccccc2O1. The molecule has 1 aliphatic heterocycles. The number of benzene rings is 2. The lowest BCUT2D eigenvalue weighted by molar-refractivity contribution is -0.127. The molecular weight excluding hydrogens is 346 g/mol. The highest BCUT2D eigenvalue weighted by atomic mass is 16.5. The van der Waals surface area contributed by atoms with Gasteiger partial charge in [-0.05, 0) is 29.8 Å². The van der Waals surface area contributed by atoms with Crippen molar-refractivity contribution >= 4 is 17.5 Å². The van der Waals surface area contributed by atoms with Crippen molar-refractivity contribution in [1.29, 1.82) is 0 Å². The summed E-state index contributed by atoms with van der Waals surface area (Å²) in [5.74, 6) is 1.03. The Morgan fingerprint density at radius 3 is 2.63 bits per heavy atom. The van der Waals surface area contributed by atoms with Gasteiger partial charge in [0.15, 0.2) is 6.10 Å². The minimum Gasteiger partial charge on any atom is -0.497 e. The van der Waals surface area contributed by atoms with Crippen molar-refractivity contribution in [3.63, 3.8) is 0 Å². The number of anilines is 1. The van der Waals surface area contributed by atoms with E-state index in [-0.39, 0.29) is 18.4 Å². The molecule has 0 spiro atoms. The Morgan fingerprint density at radius 2 is 1.93 bits per heavy atom. The third-order valence-corrected chi connectivity index (χ3v) is 4.38. The van der Waals surface area contributed by atoms with E-state index in [0.717, 1.165) is 17.0 Å². The number of likely N-dealkylation sites (N-methyl/N-ethyl adjacent to an activating group) is 1. The van der Waals surface area contributed by atoms with Gasteiger partial charge in [0.25, 0.3) is 5.91 Å². The minimum atomic E-state index is -0.653. The van der Waals surface area contributed by atoms with Gasteiger partial charge in [-0.1, -0.05) is 24.3 Å². The van der Waals surface area contributed by atoms with E-state index in [0.29, 0.717) is 18.8 Å². The smallest absolute Gasteiger partial charge is 0.262 e. The highest BCUT2D eigenvalue weighted by molar-refractivity contribution is 5.86. The van der Waals surface area contributed by atoms with E-state index >= 15 is 0 Å². The van der Waals surface area contributed by atoms with Crippen LogP contribution in [0.5, 0.6) is 11.5 Å². The summed E-state index contributed by atoms with van der Waals surface area (Å²) < 4.78 is 10.9. The van der Waals surface area contributed by atoms with Gasteiger partial charge < -0.3 is 25.0 Å². The molecule has 2 N–H and O–H groups in total. The van der Waals surface area contributed by atoms with Gasteiger partial charge in [-0.25, -0.2) is 0 Å². The number of methoxy groups -OCH3 is 1. The van der Waals surface area contributed by atoms with Crippen LogP contribution in [0.4, 0.5) is 5.69 Å². The Hall–Kier alpha value is -3.22. The lowest BCUT2D eigenvalue weighted by Gasteiger charge is -2.35. The van der Waals surface area contributed by atoms with Gasteiger partial charge in [-0.2, -0.15) is 0 Å². The van der Waals surface area contributed by atoms with E-state index in [2.05, 4.69) is 10.6 Å². The molecule has 7 heteroatoms. The highest BCUT2D eigenvalue weighted by Crippen LogP contribution is 2.32. The van der Waals surface area contributed by atoms with Crippen molar-refractivity contribution in [1.82, 2.24) is 10.6 Å². The average Bonchev–Trinajstić information content (AvgIpc) is 2.72. The maximum absolute atomic E-state index is 12.4. The van der Waals surface area contributed by atoms with Crippen LogP contribution in [0, 0.1) is 0 Å². The molecule has 0 saturated heterocycles. The van der Waals surface area contributed by atoms with E-state index in [1.807, 2.05) is 47.4 Å². The Labute approximate surface area is 158 Å². The molecule has 1 unspecified atom stereocenters. The normalized spacial score (nSPS) is 15.3. The fraction of sp³-hybridized carbons (Fsp3) is 0.300. The maximum atomic E-state index is 12.4. The van der Waals surface area contributed by atoms with Crippen molar-refractivity contribution < 1.29 is 19.1 Å². The number of hydrogen-bond donors (Lipinski definition) is 2. The number of amides is 2. The van der Waals surface area contributed by atoms with Crippen LogP contribution in [0.3, 0.4) is 0 Å². The van der Waals surface area contributed by atoms with Crippen molar-refractivity contribution in [3.8, 4) is 11.5 Å². The van der Waals surface area contributed by atoms with Gasteiger partial charge >= 0.3 is 0 Å². The van der Waals surface area contributed by atoms with Crippen molar-refractivity contribution in [2.75, 3.05) is 32.1 Å². The number of nitrogens with one attached hydrogen (secondary N) is 2. The molecule has 1 heterocycles. The Morgan fingerprint density at radius 1 is 1.19 bits per heavy atom. The molecule has 0 aromatic heterocycles. The van der Waals surface area contributed by atoms with Gasteiger partial charge in [0.2, 0.25) is 5.91 Å². The number of fused-ring (bicyclic) bond motifs is 1. The van der Waals surface area contributed by atoms with Crippen LogP contribution in [0.2, 0.25) is 0 Å². The summed E-state index contributed by atoms with van der Waals surface area (Å²) in [5, 5.41) is 5.50. The van der Waals surface area contributed by atoms with Crippen LogP contribution < -0.4 is 25.0 Å². The lowest BCUT2D eigenvalue weighted by Crippen LogP contribution is -2.50. The van der Waals surface area contributed by atoms with Gasteiger partial charge in [-0.15, -0.1) is 0 Å². The molecule has 0 radical (unpaired) electrons. The lowest BCUT2D eigenvalue weighted by atomic mass is 10.1. The standard InChI is InChI=1S/C20H23N3O4/c1-21-20(25)18-12-23(16-5-3-4-6-17(16)27-18)13-19(24)22-11-14-7-9-15(26-2)10-8-14/h3-10,18H,11-13H2,1-2H3,(H,21,25)(H,22,24). The fourth-order valence-electron chi connectivity index (χ4n) is 2.93. The second kappa shape index (κ2) is 8.44. The first-order valence-corrected chi connectivity index (χ1v) is 8.72. The summed E-state index contributed by atoms with van der Waals surface area (Å²) in [6.45, 7) is 0.879. The molecule has 1 atom stereocenters. The number of ether oxygens (including phenoxy) is 2. The molecule has 7 nitrogen and oxygen atoms in total. The van der Waals surface area contributed by atoms with Gasteiger partial charge in [0.05, 0.1) is 25.9 Å². The first kappa shape index (κ1) is 18.6. The number of carbonyl (C=O) groups excluding carboxylic acids is 2. The van der Waals surface area contributed by atoms with Crippen LogP contribution in [-0.4, -0.2) is 45.2 Å². The molecule has 2 aromatic rings. The molecular formula is C20H23N3O4. The molecule has 2 amide bonds. The van der Waals surface area contributed by atoms with Gasteiger partial charge in [-0.3, -0.25) is 9.59 Å². The molecule has 0 aliphatic carbocycles. The van der Waals surface area contributed by atoms with Crippen LogP contribution in [0.1, 0.15) is 5.56 Å². The third-order valence-electron chi connectivity index (χ3n) is 4.38. The molecule has 27 heavy (non-hydrogen) atoms. The van der Waals surface area contributed by atoms with Crippen molar-refractivity contribution in [2.24, 2.45) is 0 Å². The zero-order chi connectivity index (χ0) is 19.2. The summed E-state index contributed by atoms with van der Waals surface area (Å²) in [5.41, 5.74) is 1.78. The second-order valence-corrected chi connectivity index (χ2v) is 6.19. The summed E-state index contributed by atoms with van der Waals surface area (Å²) in [7, 11) is 3.18. The van der Waals surface area contributed by atoms with Gasteiger partial charge in [0.1, 0.15) is 11.5 Å². The number of nitrogens with zero attached hydrogens (tertiary/aromatic N) is 1. The summed E-state index contributed by atoms with van der Waals surface area (Å²) >= 11 is 0. The number of carbonyl (C=O) groups is 2. The molecule has 3 rings (SSSR count). The summed E-state index contributed by atoms with van der Waals surface area (Å²) in [6.07, 6.45) is -0.653. The van der Waals surface area contributed by atoms with E-state index in [4.69, 9.17) is 9.47 Å². The first-order chi connectivity index (χ1) is 13.1. The number of para-hydroxylation sites is 2. The highest BCUT2D eigenvalue weighted by Gasteiger charge is 2.30. The maximum Gasteiger partial charge on any atom is 0.262 e. The van der Waals surface area contributed by atoms with Crippen molar-refractivity contribution in [2.45, 2.75) is 12.6 Å². The largest absolute Gasteiger partial charge is 0.497 e. The number of rotatable bonds is 6. The van der Waals surface area contributed by atoms with Crippen LogP contribution in [-0.2, 0) is 16.1 Å². The molecule has 2 aromatic carbocycles. The number of hydrogen-bond acceptors (Lipinski definition) is 5. The minimum absolute atomic E-state index is 0.127. The first-order valence-electron chi connectivity index (χ1n) is 8.72. The Kier molecular flexibility index (Phi) is 5.80. The van der Waals surface area contributed by atoms with Crippen molar-refractivity contribution in [3.05, 3.63) is 54.1 Å². The zero-order valence-electron chi connectivity index (χ0n) is 15.4. The van der Waals surface area contributed by atoms with E-state index < -0.39 is 6.10 Å². The Balaban J connectivity index is 1.64. The van der Waals surface area contributed by atoms with Gasteiger partial charge in [0, 0.05) is 13.6 Å². The molecule has 1 aliphatic rings. The fourth-order valence-corrected chi connectivity index (χ4v) is 2.93. The van der Waals surface area contributed by atoms with Crippen LogP contribution in [0.15, 0.2) is 48.5 Å². The zero-order valence-corrected chi connectivity index (χ0v) is 15.4. The van der Waals surface area contributed by atoms with Crippen LogP contribution >= 0.6 is 0 Å². The topological polar surface area (TPSA) is 79.9 Å². The quantitative estimate of drug-likeness (QED) is 0.803. The molecule has 0 saturated carbocycles. The van der Waals surface area contributed by atoms with E-state index in [9.17, 15) is 9.59 Å². The molecule has 0 bridgehead atoms. The summed E-state index contributed by atoms with van der Waals surface area (Å²) in [6, 6.07) is 14.9.